The molecule has 0 bridgehead atoms. The summed E-state index contributed by atoms with van der Waals surface area (Å²) in [5, 5.41) is 8.97. The highest BCUT2D eigenvalue weighted by Crippen LogP contribution is 2.11. The van der Waals surface area contributed by atoms with Gasteiger partial charge >= 0.3 is 5.97 Å². The standard InChI is InChI=1S/C20H39NO3/c1-3-5-7-9-10-11-12-13-14-16-19(22)21(18-20(23)24)17-15-8-6-4-2/h3-18H2,1-2H3,(H,23,24). The zero-order chi connectivity index (χ0) is 18.0. The fourth-order valence-electron chi connectivity index (χ4n) is 2.93. The molecule has 1 amide bonds. The van der Waals surface area contributed by atoms with Gasteiger partial charge in [-0.15, -0.1) is 0 Å². The average Bonchev–Trinajstić information content (AvgIpc) is 2.55. The monoisotopic (exact) mass is 341 g/mol. The first-order valence-electron chi connectivity index (χ1n) is 10.1. The van der Waals surface area contributed by atoms with Crippen LogP contribution in [0.3, 0.4) is 0 Å². The van der Waals surface area contributed by atoms with E-state index in [-0.39, 0.29) is 12.5 Å². The Morgan fingerprint density at radius 1 is 0.708 bits per heavy atom. The largest absolute Gasteiger partial charge is 0.480 e. The first-order valence-corrected chi connectivity index (χ1v) is 10.1. The highest BCUT2D eigenvalue weighted by molar-refractivity contribution is 5.81. The third kappa shape index (κ3) is 14.5. The minimum atomic E-state index is -0.911. The molecule has 0 fully saturated rings. The molecule has 0 aliphatic heterocycles. The van der Waals surface area contributed by atoms with Crippen LogP contribution >= 0.6 is 0 Å². The van der Waals surface area contributed by atoms with Crippen LogP contribution in [0.15, 0.2) is 0 Å². The molecule has 0 saturated heterocycles. The first-order chi connectivity index (χ1) is 11.6. The number of rotatable bonds is 17. The summed E-state index contributed by atoms with van der Waals surface area (Å²) in [6.45, 7) is 4.81. The summed E-state index contributed by atoms with van der Waals surface area (Å²) in [6, 6.07) is 0. The van der Waals surface area contributed by atoms with E-state index in [1.54, 1.807) is 0 Å². The number of carboxylic acid groups (broad SMARTS) is 1. The Hall–Kier alpha value is -1.06. The Kier molecular flexibility index (Phi) is 16.0. The molecule has 4 nitrogen and oxygen atoms in total. The van der Waals surface area contributed by atoms with Crippen molar-refractivity contribution >= 4 is 11.9 Å². The Bertz CT molecular complexity index is 318. The SMILES string of the molecule is CCCCCCCCCCCC(=O)N(CCCCCC)CC(=O)O. The Morgan fingerprint density at radius 3 is 1.67 bits per heavy atom. The van der Waals surface area contributed by atoms with Crippen LogP contribution in [0, 0.1) is 0 Å². The van der Waals surface area contributed by atoms with E-state index >= 15 is 0 Å². The van der Waals surface area contributed by atoms with Crippen molar-refractivity contribution in [1.29, 1.82) is 0 Å². The van der Waals surface area contributed by atoms with Crippen LogP contribution in [-0.4, -0.2) is 35.0 Å². The molecule has 0 unspecified atom stereocenters. The molecule has 0 saturated carbocycles. The molecule has 24 heavy (non-hydrogen) atoms. The zero-order valence-electron chi connectivity index (χ0n) is 16.0. The Morgan fingerprint density at radius 2 is 1.17 bits per heavy atom. The van der Waals surface area contributed by atoms with Crippen molar-refractivity contribution in [1.82, 2.24) is 4.90 Å². The molecule has 0 rings (SSSR count). The summed E-state index contributed by atoms with van der Waals surface area (Å²) in [6.07, 6.45) is 15.8. The summed E-state index contributed by atoms with van der Waals surface area (Å²) in [4.78, 5) is 24.7. The lowest BCUT2D eigenvalue weighted by Crippen LogP contribution is -2.36. The average molecular weight is 342 g/mol. The van der Waals surface area contributed by atoms with Crippen LogP contribution in [0.2, 0.25) is 0 Å². The van der Waals surface area contributed by atoms with E-state index in [4.69, 9.17) is 5.11 Å². The van der Waals surface area contributed by atoms with Gasteiger partial charge in [-0.25, -0.2) is 0 Å². The summed E-state index contributed by atoms with van der Waals surface area (Å²) in [7, 11) is 0. The maximum absolute atomic E-state index is 12.2. The summed E-state index contributed by atoms with van der Waals surface area (Å²) < 4.78 is 0. The van der Waals surface area contributed by atoms with Crippen molar-refractivity contribution in [3.05, 3.63) is 0 Å². The molecule has 0 spiro atoms. The minimum absolute atomic E-state index is 0.0110. The summed E-state index contributed by atoms with van der Waals surface area (Å²) >= 11 is 0. The number of aliphatic carboxylic acids is 1. The molecule has 0 aromatic carbocycles. The van der Waals surface area contributed by atoms with Crippen LogP contribution in [-0.2, 0) is 9.59 Å². The summed E-state index contributed by atoms with van der Waals surface area (Å²) in [5.41, 5.74) is 0. The van der Waals surface area contributed by atoms with Crippen molar-refractivity contribution in [3.63, 3.8) is 0 Å². The number of carbonyl (C=O) groups excluding carboxylic acids is 1. The molecule has 0 radical (unpaired) electrons. The molecule has 0 aromatic rings. The van der Waals surface area contributed by atoms with Crippen molar-refractivity contribution in [3.8, 4) is 0 Å². The molecule has 1 N–H and O–H groups in total. The normalized spacial score (nSPS) is 10.8. The van der Waals surface area contributed by atoms with Crippen LogP contribution in [0.5, 0.6) is 0 Å². The van der Waals surface area contributed by atoms with Gasteiger partial charge in [0.15, 0.2) is 0 Å². The number of hydrogen-bond acceptors (Lipinski definition) is 2. The van der Waals surface area contributed by atoms with E-state index in [9.17, 15) is 9.59 Å². The predicted molar refractivity (Wildman–Crippen MR) is 100 cm³/mol. The number of nitrogens with zero attached hydrogens (tertiary/aromatic N) is 1. The van der Waals surface area contributed by atoms with Gasteiger partial charge in [0, 0.05) is 13.0 Å². The molecule has 0 aromatic heterocycles. The van der Waals surface area contributed by atoms with Gasteiger partial charge in [-0.3, -0.25) is 9.59 Å². The van der Waals surface area contributed by atoms with Gasteiger partial charge in [0.25, 0.3) is 0 Å². The number of unbranched alkanes of at least 4 members (excludes halogenated alkanes) is 11. The highest BCUT2D eigenvalue weighted by Gasteiger charge is 2.15. The van der Waals surface area contributed by atoms with Gasteiger partial charge in [0.1, 0.15) is 6.54 Å². The van der Waals surface area contributed by atoms with E-state index in [0.29, 0.717) is 13.0 Å². The lowest BCUT2D eigenvalue weighted by Gasteiger charge is -2.20. The number of hydrogen-bond donors (Lipinski definition) is 1. The maximum Gasteiger partial charge on any atom is 0.323 e. The zero-order valence-corrected chi connectivity index (χ0v) is 16.0. The van der Waals surface area contributed by atoms with Gasteiger partial charge < -0.3 is 10.0 Å². The molecule has 0 atom stereocenters. The van der Waals surface area contributed by atoms with Gasteiger partial charge in [-0.05, 0) is 12.8 Å². The molecule has 0 aliphatic rings. The minimum Gasteiger partial charge on any atom is -0.480 e. The highest BCUT2D eigenvalue weighted by atomic mass is 16.4. The quantitative estimate of drug-likeness (QED) is 0.360. The fraction of sp³-hybridized carbons (Fsp3) is 0.900. The number of carboxylic acids is 1. The van der Waals surface area contributed by atoms with Gasteiger partial charge in [0.05, 0.1) is 0 Å². The first kappa shape index (κ1) is 22.9. The van der Waals surface area contributed by atoms with Crippen LogP contribution in [0.4, 0.5) is 0 Å². The van der Waals surface area contributed by atoms with Gasteiger partial charge in [0.2, 0.25) is 5.91 Å². The van der Waals surface area contributed by atoms with Crippen LogP contribution in [0.1, 0.15) is 104 Å². The van der Waals surface area contributed by atoms with Gasteiger partial charge in [-0.2, -0.15) is 0 Å². The van der Waals surface area contributed by atoms with Crippen molar-refractivity contribution in [2.45, 2.75) is 104 Å². The van der Waals surface area contributed by atoms with Crippen molar-refractivity contribution < 1.29 is 14.7 Å². The van der Waals surface area contributed by atoms with Crippen LogP contribution in [0.25, 0.3) is 0 Å². The van der Waals surface area contributed by atoms with E-state index < -0.39 is 5.97 Å². The van der Waals surface area contributed by atoms with E-state index in [2.05, 4.69) is 13.8 Å². The van der Waals surface area contributed by atoms with Crippen molar-refractivity contribution in [2.24, 2.45) is 0 Å². The van der Waals surface area contributed by atoms with E-state index in [0.717, 1.165) is 38.5 Å². The smallest absolute Gasteiger partial charge is 0.323 e. The fourth-order valence-corrected chi connectivity index (χ4v) is 2.93. The topological polar surface area (TPSA) is 57.6 Å². The molecule has 142 valence electrons. The number of amides is 1. The molecular weight excluding hydrogens is 302 g/mol. The predicted octanol–water partition coefficient (Wildman–Crippen LogP) is 5.40. The number of carbonyl (C=O) groups is 2. The second kappa shape index (κ2) is 16.8. The lowest BCUT2D eigenvalue weighted by atomic mass is 10.1. The molecule has 0 aliphatic carbocycles. The van der Waals surface area contributed by atoms with E-state index in [1.165, 1.54) is 49.8 Å². The van der Waals surface area contributed by atoms with Crippen molar-refractivity contribution in [2.75, 3.05) is 13.1 Å². The maximum atomic E-state index is 12.2. The third-order valence-corrected chi connectivity index (χ3v) is 4.45. The Labute approximate surface area is 149 Å². The lowest BCUT2D eigenvalue weighted by molar-refractivity contribution is -0.144. The summed E-state index contributed by atoms with van der Waals surface area (Å²) in [5.74, 6) is -0.900. The molecule has 0 heterocycles. The second-order valence-electron chi connectivity index (χ2n) is 6.85. The molecular formula is C20H39NO3. The third-order valence-electron chi connectivity index (χ3n) is 4.45. The van der Waals surface area contributed by atoms with Gasteiger partial charge in [-0.1, -0.05) is 84.5 Å². The van der Waals surface area contributed by atoms with Crippen LogP contribution < -0.4 is 0 Å². The Balaban J connectivity index is 3.78. The molecule has 4 heteroatoms. The second-order valence-corrected chi connectivity index (χ2v) is 6.85. The van der Waals surface area contributed by atoms with E-state index in [1.807, 2.05) is 0 Å².